The average Bonchev–Trinajstić information content (AvgIpc) is 3.05. The minimum atomic E-state index is 0.0295. The quantitative estimate of drug-likeness (QED) is 0.839. The monoisotopic (exact) mass is 264 g/mol. The summed E-state index contributed by atoms with van der Waals surface area (Å²) in [5.41, 5.74) is 1.05. The minimum absolute atomic E-state index is 0.0295. The maximum atomic E-state index is 11.8. The zero-order valence-corrected chi connectivity index (χ0v) is 11.0. The third-order valence-corrected chi connectivity index (χ3v) is 3.58. The van der Waals surface area contributed by atoms with Crippen LogP contribution in [-0.4, -0.2) is 21.1 Å². The van der Waals surface area contributed by atoms with Crippen LogP contribution in [0.1, 0.15) is 36.4 Å². The highest BCUT2D eigenvalue weighted by Gasteiger charge is 2.14. The van der Waals surface area contributed by atoms with E-state index in [1.807, 2.05) is 18.5 Å². The van der Waals surface area contributed by atoms with Gasteiger partial charge in [-0.1, -0.05) is 6.92 Å². The van der Waals surface area contributed by atoms with E-state index in [0.717, 1.165) is 17.0 Å². The van der Waals surface area contributed by atoms with E-state index in [9.17, 15) is 4.79 Å². The lowest BCUT2D eigenvalue weighted by Gasteiger charge is -2.14. The number of hydrogen-bond acceptors (Lipinski definition) is 4. The highest BCUT2D eigenvalue weighted by molar-refractivity contribution is 7.09. The number of nitrogens with zero attached hydrogens (tertiary/aromatic N) is 2. The van der Waals surface area contributed by atoms with Crippen molar-refractivity contribution in [2.24, 2.45) is 0 Å². The summed E-state index contributed by atoms with van der Waals surface area (Å²) < 4.78 is 0. The van der Waals surface area contributed by atoms with Gasteiger partial charge in [0.25, 0.3) is 0 Å². The first kappa shape index (κ1) is 12.8. The largest absolute Gasteiger partial charge is 0.347 e. The van der Waals surface area contributed by atoms with Crippen molar-refractivity contribution in [2.75, 3.05) is 0 Å². The lowest BCUT2D eigenvalue weighted by Crippen LogP contribution is -2.28. The van der Waals surface area contributed by atoms with Crippen molar-refractivity contribution >= 4 is 17.2 Å². The number of aryl methyl sites for hydroxylation is 1. The molecule has 6 heteroatoms. The number of hydrogen-bond donors (Lipinski definition) is 2. The van der Waals surface area contributed by atoms with Crippen molar-refractivity contribution in [1.29, 1.82) is 0 Å². The van der Waals surface area contributed by atoms with Crippen LogP contribution in [0.5, 0.6) is 0 Å². The second-order valence-corrected chi connectivity index (χ2v) is 4.93. The lowest BCUT2D eigenvalue weighted by molar-refractivity contribution is -0.121. The first-order valence-corrected chi connectivity index (χ1v) is 6.84. The molecule has 0 aliphatic rings. The number of carbonyl (C=O) groups is 1. The number of thiazole rings is 1. The molecule has 18 heavy (non-hydrogen) atoms. The van der Waals surface area contributed by atoms with Gasteiger partial charge in [0.1, 0.15) is 5.01 Å². The first-order valence-electron chi connectivity index (χ1n) is 5.96. The summed E-state index contributed by atoms with van der Waals surface area (Å²) >= 11 is 1.57. The van der Waals surface area contributed by atoms with Crippen molar-refractivity contribution in [3.8, 4) is 0 Å². The van der Waals surface area contributed by atoms with Gasteiger partial charge in [0, 0.05) is 24.2 Å². The van der Waals surface area contributed by atoms with E-state index in [1.54, 1.807) is 23.7 Å². The number of aromatic amines is 1. The van der Waals surface area contributed by atoms with Crippen LogP contribution < -0.4 is 5.32 Å². The summed E-state index contributed by atoms with van der Waals surface area (Å²) in [5.74, 6) is 0.0539. The molecule has 0 saturated carbocycles. The molecule has 0 spiro atoms. The molecule has 0 bridgehead atoms. The molecule has 2 rings (SSSR count). The number of rotatable bonds is 6. The number of carbonyl (C=O) groups excluding carboxylic acids is 1. The third-order valence-electron chi connectivity index (χ3n) is 2.69. The molecule has 0 aromatic carbocycles. The van der Waals surface area contributed by atoms with E-state index in [-0.39, 0.29) is 11.9 Å². The molecule has 1 amide bonds. The van der Waals surface area contributed by atoms with Crippen molar-refractivity contribution in [3.05, 3.63) is 34.5 Å². The second kappa shape index (κ2) is 6.30. The molecule has 2 aromatic rings. The van der Waals surface area contributed by atoms with Crippen LogP contribution >= 0.6 is 11.3 Å². The molecule has 2 N–H and O–H groups in total. The van der Waals surface area contributed by atoms with E-state index in [0.29, 0.717) is 12.8 Å². The summed E-state index contributed by atoms with van der Waals surface area (Å²) in [7, 11) is 0. The molecule has 96 valence electrons. The van der Waals surface area contributed by atoms with Gasteiger partial charge in [-0.2, -0.15) is 5.10 Å². The van der Waals surface area contributed by atoms with Crippen LogP contribution in [-0.2, 0) is 11.2 Å². The summed E-state index contributed by atoms with van der Waals surface area (Å²) in [4.78, 5) is 16.1. The van der Waals surface area contributed by atoms with E-state index < -0.39 is 0 Å². The number of amides is 1. The molecule has 0 unspecified atom stereocenters. The molecule has 0 aliphatic carbocycles. The highest BCUT2D eigenvalue weighted by Crippen LogP contribution is 2.18. The second-order valence-electron chi connectivity index (χ2n) is 4.01. The van der Waals surface area contributed by atoms with E-state index >= 15 is 0 Å². The Bertz CT molecular complexity index is 466. The summed E-state index contributed by atoms with van der Waals surface area (Å²) in [6.45, 7) is 2.04. The SMILES string of the molecule is CC[C@@H](NC(=O)CCc1cn[nH]c1)c1nccs1. The fraction of sp³-hybridized carbons (Fsp3) is 0.417. The summed E-state index contributed by atoms with van der Waals surface area (Å²) in [5, 5.41) is 12.5. The maximum absolute atomic E-state index is 11.8. The van der Waals surface area contributed by atoms with Crippen LogP contribution in [0.25, 0.3) is 0 Å². The predicted molar refractivity (Wildman–Crippen MR) is 70.2 cm³/mol. The van der Waals surface area contributed by atoms with Crippen LogP contribution in [0.2, 0.25) is 0 Å². The van der Waals surface area contributed by atoms with Crippen molar-refractivity contribution in [1.82, 2.24) is 20.5 Å². The van der Waals surface area contributed by atoms with Gasteiger partial charge in [0.15, 0.2) is 0 Å². The Kier molecular flexibility index (Phi) is 4.46. The van der Waals surface area contributed by atoms with Gasteiger partial charge in [-0.25, -0.2) is 4.98 Å². The van der Waals surface area contributed by atoms with Crippen molar-refractivity contribution in [2.45, 2.75) is 32.2 Å². The van der Waals surface area contributed by atoms with Crippen molar-refractivity contribution in [3.63, 3.8) is 0 Å². The normalized spacial score (nSPS) is 12.3. The Morgan fingerprint density at radius 3 is 3.11 bits per heavy atom. The maximum Gasteiger partial charge on any atom is 0.220 e. The predicted octanol–water partition coefficient (Wildman–Crippen LogP) is 2.07. The van der Waals surface area contributed by atoms with Gasteiger partial charge in [-0.3, -0.25) is 9.89 Å². The van der Waals surface area contributed by atoms with Crippen LogP contribution in [0, 0.1) is 0 Å². The fourth-order valence-electron chi connectivity index (χ4n) is 1.68. The van der Waals surface area contributed by atoms with Gasteiger partial charge in [0.2, 0.25) is 5.91 Å². The summed E-state index contributed by atoms with van der Waals surface area (Å²) in [6, 6.07) is 0.0295. The molecule has 0 fully saturated rings. The van der Waals surface area contributed by atoms with Crippen LogP contribution in [0.4, 0.5) is 0 Å². The number of nitrogens with one attached hydrogen (secondary N) is 2. The van der Waals surface area contributed by atoms with E-state index in [4.69, 9.17) is 0 Å². The average molecular weight is 264 g/mol. The molecule has 0 aliphatic heterocycles. The molecular weight excluding hydrogens is 248 g/mol. The Morgan fingerprint density at radius 1 is 1.61 bits per heavy atom. The van der Waals surface area contributed by atoms with Gasteiger partial charge in [-0.15, -0.1) is 11.3 Å². The van der Waals surface area contributed by atoms with Gasteiger partial charge >= 0.3 is 0 Å². The lowest BCUT2D eigenvalue weighted by atomic mass is 10.1. The summed E-state index contributed by atoms with van der Waals surface area (Å²) in [6.07, 6.45) is 7.35. The smallest absolute Gasteiger partial charge is 0.220 e. The van der Waals surface area contributed by atoms with Crippen molar-refractivity contribution < 1.29 is 4.79 Å². The number of aromatic nitrogens is 3. The van der Waals surface area contributed by atoms with Gasteiger partial charge in [0.05, 0.1) is 12.2 Å². The minimum Gasteiger partial charge on any atom is -0.347 e. The molecular formula is C12H16N4OS. The molecule has 1 atom stereocenters. The zero-order valence-electron chi connectivity index (χ0n) is 10.2. The molecule has 0 radical (unpaired) electrons. The Morgan fingerprint density at radius 2 is 2.50 bits per heavy atom. The number of H-pyrrole nitrogens is 1. The third kappa shape index (κ3) is 3.40. The molecule has 2 aromatic heterocycles. The fourth-order valence-corrected chi connectivity index (χ4v) is 2.46. The molecule has 5 nitrogen and oxygen atoms in total. The standard InChI is InChI=1S/C12H16N4OS/c1-2-10(12-13-5-6-18-12)16-11(17)4-3-9-7-14-15-8-9/h5-8,10H,2-4H2,1H3,(H,14,15)(H,16,17)/t10-/m1/s1. The molecule has 0 saturated heterocycles. The van der Waals surface area contributed by atoms with E-state index in [1.165, 1.54) is 0 Å². The first-order chi connectivity index (χ1) is 8.79. The Labute approximate surface area is 110 Å². The Hall–Kier alpha value is -1.69. The van der Waals surface area contributed by atoms with E-state index in [2.05, 4.69) is 20.5 Å². The van der Waals surface area contributed by atoms with Gasteiger partial charge in [-0.05, 0) is 18.4 Å². The van der Waals surface area contributed by atoms with Crippen LogP contribution in [0.3, 0.4) is 0 Å². The zero-order chi connectivity index (χ0) is 12.8. The molecule has 2 heterocycles. The van der Waals surface area contributed by atoms with Crippen LogP contribution in [0.15, 0.2) is 24.0 Å². The highest BCUT2D eigenvalue weighted by atomic mass is 32.1. The topological polar surface area (TPSA) is 70.7 Å². The Balaban J connectivity index is 1.82. The van der Waals surface area contributed by atoms with Gasteiger partial charge < -0.3 is 5.32 Å².